The number of aromatic nitrogens is 4. The molecule has 0 saturated heterocycles. The van der Waals surface area contributed by atoms with Crippen molar-refractivity contribution in [2.75, 3.05) is 0 Å². The van der Waals surface area contributed by atoms with Crippen molar-refractivity contribution in [2.45, 2.75) is 31.6 Å². The third kappa shape index (κ3) is 2.85. The number of aryl methyl sites for hydroxylation is 2. The zero-order chi connectivity index (χ0) is 16.6. The van der Waals surface area contributed by atoms with Gasteiger partial charge >= 0.3 is 0 Å². The summed E-state index contributed by atoms with van der Waals surface area (Å²) in [7, 11) is 0. The number of hydrogen-bond donors (Lipinski definition) is 0. The molecule has 0 amide bonds. The second-order valence-electron chi connectivity index (χ2n) is 5.07. The fraction of sp³-hybridized carbons (Fsp3) is 0.267. The molecule has 23 heavy (non-hydrogen) atoms. The summed E-state index contributed by atoms with van der Waals surface area (Å²) < 4.78 is 1.59. The molecule has 0 bridgehead atoms. The molecule has 0 atom stereocenters. The average Bonchev–Trinajstić information content (AvgIpc) is 2.90. The maximum Gasteiger partial charge on any atom is 0.258 e. The lowest BCUT2D eigenvalue weighted by Crippen LogP contribution is -2.14. The van der Waals surface area contributed by atoms with E-state index in [1.54, 1.807) is 4.40 Å². The van der Waals surface area contributed by atoms with E-state index in [1.807, 2.05) is 26.2 Å². The zero-order valence-corrected chi connectivity index (χ0v) is 14.5. The van der Waals surface area contributed by atoms with E-state index >= 15 is 0 Å². The van der Waals surface area contributed by atoms with Crippen LogP contribution in [0.25, 0.3) is 4.96 Å². The minimum atomic E-state index is -0.0870. The van der Waals surface area contributed by atoms with E-state index in [1.165, 1.54) is 29.2 Å². The summed E-state index contributed by atoms with van der Waals surface area (Å²) in [6.45, 7) is 5.57. The molecule has 0 aromatic carbocycles. The van der Waals surface area contributed by atoms with Crippen molar-refractivity contribution in [3.8, 4) is 6.07 Å². The molecule has 116 valence electrons. The van der Waals surface area contributed by atoms with Gasteiger partial charge in [0.25, 0.3) is 5.56 Å². The third-order valence-electron chi connectivity index (χ3n) is 3.52. The van der Waals surface area contributed by atoms with Crippen LogP contribution >= 0.6 is 23.1 Å². The molecule has 0 aliphatic heterocycles. The van der Waals surface area contributed by atoms with E-state index in [0.29, 0.717) is 27.0 Å². The van der Waals surface area contributed by atoms with Gasteiger partial charge < -0.3 is 0 Å². The lowest BCUT2D eigenvalue weighted by Gasteiger charge is -2.06. The quantitative estimate of drug-likeness (QED) is 0.680. The van der Waals surface area contributed by atoms with Crippen molar-refractivity contribution in [1.82, 2.24) is 19.6 Å². The average molecular weight is 343 g/mol. The molecule has 0 aliphatic rings. The molecule has 8 heteroatoms. The second kappa shape index (κ2) is 6.10. The van der Waals surface area contributed by atoms with Crippen molar-refractivity contribution < 1.29 is 0 Å². The van der Waals surface area contributed by atoms with Crippen LogP contribution in [0.1, 0.15) is 28.2 Å². The largest absolute Gasteiger partial charge is 0.269 e. The van der Waals surface area contributed by atoms with Crippen molar-refractivity contribution in [2.24, 2.45) is 0 Å². The fourth-order valence-electron chi connectivity index (χ4n) is 2.14. The molecule has 3 heterocycles. The maximum atomic E-state index is 12.2. The first-order valence-electron chi connectivity index (χ1n) is 6.85. The summed E-state index contributed by atoms with van der Waals surface area (Å²) in [5.74, 6) is 0.467. The van der Waals surface area contributed by atoms with Crippen LogP contribution in [0.3, 0.4) is 0 Å². The van der Waals surface area contributed by atoms with Gasteiger partial charge in [0.1, 0.15) is 11.1 Å². The maximum absolute atomic E-state index is 12.2. The molecule has 6 nitrogen and oxygen atoms in total. The fourth-order valence-corrected chi connectivity index (χ4v) is 3.90. The van der Waals surface area contributed by atoms with Crippen molar-refractivity contribution in [1.29, 1.82) is 5.26 Å². The Bertz CT molecular complexity index is 999. The highest BCUT2D eigenvalue weighted by Gasteiger charge is 2.13. The van der Waals surface area contributed by atoms with Crippen LogP contribution in [-0.2, 0) is 5.75 Å². The predicted molar refractivity (Wildman–Crippen MR) is 89.9 cm³/mol. The zero-order valence-electron chi connectivity index (χ0n) is 12.8. The number of nitriles is 1. The molecule has 0 N–H and O–H groups in total. The van der Waals surface area contributed by atoms with Crippen LogP contribution in [0.2, 0.25) is 0 Å². The third-order valence-corrected chi connectivity index (χ3v) is 5.46. The van der Waals surface area contributed by atoms with Crippen molar-refractivity contribution in [3.05, 3.63) is 50.0 Å². The summed E-state index contributed by atoms with van der Waals surface area (Å²) in [6.07, 6.45) is 0. The number of fused-ring (bicyclic) bond motifs is 1. The van der Waals surface area contributed by atoms with Gasteiger partial charge in [-0.1, -0.05) is 11.8 Å². The van der Waals surface area contributed by atoms with Crippen LogP contribution in [0, 0.1) is 32.1 Å². The Morgan fingerprint density at radius 3 is 2.87 bits per heavy atom. The molecule has 0 spiro atoms. The predicted octanol–water partition coefficient (Wildman–Crippen LogP) is 2.64. The number of thiazole rings is 1. The van der Waals surface area contributed by atoms with Gasteiger partial charge in [-0.25, -0.2) is 4.98 Å². The van der Waals surface area contributed by atoms with Gasteiger partial charge in [0.05, 0.1) is 17.0 Å². The number of nitrogens with zero attached hydrogens (tertiary/aromatic N) is 5. The smallest absolute Gasteiger partial charge is 0.258 e. The van der Waals surface area contributed by atoms with E-state index in [2.05, 4.69) is 21.3 Å². The van der Waals surface area contributed by atoms with Gasteiger partial charge in [-0.15, -0.1) is 16.4 Å². The lowest BCUT2D eigenvalue weighted by atomic mass is 10.1. The second-order valence-corrected chi connectivity index (χ2v) is 6.87. The van der Waals surface area contributed by atoms with E-state index in [4.69, 9.17) is 0 Å². The summed E-state index contributed by atoms with van der Waals surface area (Å²) >= 11 is 2.81. The summed E-state index contributed by atoms with van der Waals surface area (Å²) in [4.78, 5) is 17.3. The first-order chi connectivity index (χ1) is 11.0. The molecular weight excluding hydrogens is 330 g/mol. The van der Waals surface area contributed by atoms with Crippen molar-refractivity contribution in [3.63, 3.8) is 0 Å². The van der Waals surface area contributed by atoms with E-state index in [-0.39, 0.29) is 5.56 Å². The Morgan fingerprint density at radius 1 is 1.35 bits per heavy atom. The van der Waals surface area contributed by atoms with Gasteiger partial charge in [0, 0.05) is 22.9 Å². The van der Waals surface area contributed by atoms with E-state index in [0.717, 1.165) is 17.0 Å². The Hall–Kier alpha value is -2.24. The Kier molecular flexibility index (Phi) is 4.15. The topological polar surface area (TPSA) is 83.9 Å². The van der Waals surface area contributed by atoms with E-state index in [9.17, 15) is 10.1 Å². The number of rotatable bonds is 3. The SMILES string of the molecule is Cc1nnc(SCc2cc(=O)n3c(C)csc3n2)c(C#N)c1C. The molecule has 3 aromatic heterocycles. The first kappa shape index (κ1) is 15.6. The van der Waals surface area contributed by atoms with E-state index < -0.39 is 0 Å². The van der Waals surface area contributed by atoms with Crippen molar-refractivity contribution >= 4 is 28.1 Å². The summed E-state index contributed by atoms with van der Waals surface area (Å²) in [5.41, 5.74) is 3.59. The molecular formula is C15H13N5OS2. The molecule has 3 rings (SSSR count). The van der Waals surface area contributed by atoms with Crippen LogP contribution in [0.5, 0.6) is 0 Å². The Labute approximate surface area is 140 Å². The molecule has 0 fully saturated rings. The Morgan fingerprint density at radius 2 is 2.13 bits per heavy atom. The number of thioether (sulfide) groups is 1. The normalized spacial score (nSPS) is 10.9. The number of hydrogen-bond acceptors (Lipinski definition) is 7. The molecule has 0 radical (unpaired) electrons. The highest BCUT2D eigenvalue weighted by Crippen LogP contribution is 2.25. The highest BCUT2D eigenvalue weighted by atomic mass is 32.2. The summed E-state index contributed by atoms with van der Waals surface area (Å²) in [6, 6.07) is 3.71. The minimum Gasteiger partial charge on any atom is -0.269 e. The summed E-state index contributed by atoms with van der Waals surface area (Å²) in [5, 5.41) is 19.9. The molecule has 0 saturated carbocycles. The first-order valence-corrected chi connectivity index (χ1v) is 8.71. The van der Waals surface area contributed by atoms with Crippen LogP contribution < -0.4 is 5.56 Å². The van der Waals surface area contributed by atoms with Gasteiger partial charge in [0.2, 0.25) is 0 Å². The molecule has 0 unspecified atom stereocenters. The van der Waals surface area contributed by atoms with Crippen LogP contribution in [0.4, 0.5) is 0 Å². The van der Waals surface area contributed by atoms with Gasteiger partial charge in [0.15, 0.2) is 4.96 Å². The highest BCUT2D eigenvalue weighted by molar-refractivity contribution is 7.98. The van der Waals surface area contributed by atoms with Gasteiger partial charge in [-0.3, -0.25) is 9.20 Å². The monoisotopic (exact) mass is 343 g/mol. The molecule has 3 aromatic rings. The lowest BCUT2D eigenvalue weighted by molar-refractivity contribution is 0.870. The van der Waals surface area contributed by atoms with Gasteiger partial charge in [-0.2, -0.15) is 10.4 Å². The standard InChI is InChI=1S/C15H13N5OS2/c1-8-6-23-15-17-11(4-13(21)20(8)15)7-22-14-12(5-16)9(2)10(3)18-19-14/h4,6H,7H2,1-3H3. The Balaban J connectivity index is 1.91. The molecule has 0 aliphatic carbocycles. The van der Waals surface area contributed by atoms with Gasteiger partial charge in [-0.05, 0) is 26.3 Å². The minimum absolute atomic E-state index is 0.0870. The van der Waals surface area contributed by atoms with Crippen LogP contribution in [0.15, 0.2) is 21.3 Å². The van der Waals surface area contributed by atoms with Crippen LogP contribution in [-0.4, -0.2) is 19.6 Å².